The Hall–Kier alpha value is -2.18. The Morgan fingerprint density at radius 3 is 2.26 bits per heavy atom. The van der Waals surface area contributed by atoms with E-state index in [0.717, 1.165) is 18.6 Å². The average Bonchev–Trinajstić information content (AvgIpc) is 2.49. The van der Waals surface area contributed by atoms with Gasteiger partial charge in [-0.2, -0.15) is 0 Å². The lowest BCUT2D eigenvalue weighted by atomic mass is 10.1. The standard InChI is InChI=1S/C16H23F2N3O2/c1-5-9(2)19-15(22)11(4)21-16(23)20-10(3)12-6-7-13(17)14(18)8-12/h6-11H,5H2,1-4H3,(H,19,22)(H2,20,21,23)/t9-,10+,11-/m0/s1. The molecule has 1 aromatic rings. The zero-order chi connectivity index (χ0) is 17.6. The van der Waals surface area contributed by atoms with Crippen LogP contribution in [0.3, 0.4) is 0 Å². The van der Waals surface area contributed by atoms with Gasteiger partial charge in [-0.3, -0.25) is 4.79 Å². The first-order valence-electron chi connectivity index (χ1n) is 7.57. The number of hydrogen-bond donors (Lipinski definition) is 3. The number of carbonyl (C=O) groups is 2. The molecule has 0 spiro atoms. The molecule has 0 heterocycles. The van der Waals surface area contributed by atoms with Gasteiger partial charge in [0.1, 0.15) is 6.04 Å². The van der Waals surface area contributed by atoms with Gasteiger partial charge in [-0.1, -0.05) is 13.0 Å². The Balaban J connectivity index is 2.55. The predicted molar refractivity (Wildman–Crippen MR) is 83.8 cm³/mol. The van der Waals surface area contributed by atoms with Crippen molar-refractivity contribution in [3.8, 4) is 0 Å². The number of urea groups is 1. The van der Waals surface area contributed by atoms with Gasteiger partial charge < -0.3 is 16.0 Å². The molecule has 0 aromatic heterocycles. The van der Waals surface area contributed by atoms with Gasteiger partial charge in [0.15, 0.2) is 11.6 Å². The summed E-state index contributed by atoms with van der Waals surface area (Å²) in [6.07, 6.45) is 0.790. The molecule has 23 heavy (non-hydrogen) atoms. The Kier molecular flexibility index (Phi) is 6.93. The zero-order valence-electron chi connectivity index (χ0n) is 13.7. The van der Waals surface area contributed by atoms with Crippen molar-refractivity contribution in [3.05, 3.63) is 35.4 Å². The second-order valence-electron chi connectivity index (χ2n) is 5.55. The Labute approximate surface area is 134 Å². The van der Waals surface area contributed by atoms with Crippen molar-refractivity contribution >= 4 is 11.9 Å². The summed E-state index contributed by atoms with van der Waals surface area (Å²) in [6.45, 7) is 7.02. The molecule has 7 heteroatoms. The van der Waals surface area contributed by atoms with Gasteiger partial charge in [0.05, 0.1) is 6.04 Å². The molecule has 3 N–H and O–H groups in total. The van der Waals surface area contributed by atoms with Crippen molar-refractivity contribution in [2.24, 2.45) is 0 Å². The van der Waals surface area contributed by atoms with Crippen LogP contribution in [0.25, 0.3) is 0 Å². The van der Waals surface area contributed by atoms with Crippen LogP contribution in [0, 0.1) is 11.6 Å². The highest BCUT2D eigenvalue weighted by atomic mass is 19.2. The number of amides is 3. The van der Waals surface area contributed by atoms with E-state index in [4.69, 9.17) is 0 Å². The summed E-state index contributed by atoms with van der Waals surface area (Å²) >= 11 is 0. The summed E-state index contributed by atoms with van der Waals surface area (Å²) in [7, 11) is 0. The van der Waals surface area contributed by atoms with E-state index in [1.54, 1.807) is 13.8 Å². The molecule has 1 rings (SSSR count). The van der Waals surface area contributed by atoms with Crippen LogP contribution in [0.15, 0.2) is 18.2 Å². The van der Waals surface area contributed by atoms with Gasteiger partial charge in [0.25, 0.3) is 0 Å². The Morgan fingerprint density at radius 2 is 1.70 bits per heavy atom. The number of carbonyl (C=O) groups excluding carboxylic acids is 2. The summed E-state index contributed by atoms with van der Waals surface area (Å²) in [5.74, 6) is -2.20. The number of halogens is 2. The van der Waals surface area contributed by atoms with Gasteiger partial charge in [-0.15, -0.1) is 0 Å². The molecule has 3 atom stereocenters. The monoisotopic (exact) mass is 327 g/mol. The van der Waals surface area contributed by atoms with Gasteiger partial charge >= 0.3 is 6.03 Å². The molecule has 0 aliphatic heterocycles. The summed E-state index contributed by atoms with van der Waals surface area (Å²) in [5, 5.41) is 7.84. The fourth-order valence-corrected chi connectivity index (χ4v) is 1.84. The van der Waals surface area contributed by atoms with Crippen molar-refractivity contribution in [1.29, 1.82) is 0 Å². The van der Waals surface area contributed by atoms with Crippen molar-refractivity contribution in [1.82, 2.24) is 16.0 Å². The van der Waals surface area contributed by atoms with Gasteiger partial charge in [-0.25, -0.2) is 13.6 Å². The second kappa shape index (κ2) is 8.45. The predicted octanol–water partition coefficient (Wildman–Crippen LogP) is 2.63. The van der Waals surface area contributed by atoms with Crippen molar-refractivity contribution in [3.63, 3.8) is 0 Å². The molecule has 0 aliphatic carbocycles. The van der Waals surface area contributed by atoms with Crippen LogP contribution < -0.4 is 16.0 Å². The minimum atomic E-state index is -0.974. The Bertz CT molecular complexity index is 566. The van der Waals surface area contributed by atoms with Crippen LogP contribution >= 0.6 is 0 Å². The van der Waals surface area contributed by atoms with Crippen molar-refractivity contribution in [2.45, 2.75) is 52.2 Å². The highest BCUT2D eigenvalue weighted by molar-refractivity contribution is 5.86. The van der Waals surface area contributed by atoms with E-state index >= 15 is 0 Å². The summed E-state index contributed by atoms with van der Waals surface area (Å²) in [5.41, 5.74) is 0.427. The molecule has 0 unspecified atom stereocenters. The van der Waals surface area contributed by atoms with E-state index in [-0.39, 0.29) is 11.9 Å². The van der Waals surface area contributed by atoms with E-state index in [1.165, 1.54) is 6.07 Å². The highest BCUT2D eigenvalue weighted by Crippen LogP contribution is 2.15. The molecule has 0 aliphatic rings. The van der Waals surface area contributed by atoms with Crippen LogP contribution in [-0.4, -0.2) is 24.0 Å². The summed E-state index contributed by atoms with van der Waals surface area (Å²) in [6, 6.07) is 1.64. The Morgan fingerprint density at radius 1 is 1.04 bits per heavy atom. The largest absolute Gasteiger partial charge is 0.352 e. The molecular weight excluding hydrogens is 304 g/mol. The lowest BCUT2D eigenvalue weighted by Gasteiger charge is -2.20. The molecule has 0 bridgehead atoms. The van der Waals surface area contributed by atoms with E-state index < -0.39 is 29.7 Å². The molecule has 128 valence electrons. The maximum absolute atomic E-state index is 13.2. The minimum absolute atomic E-state index is 0.0240. The maximum atomic E-state index is 13.2. The van der Waals surface area contributed by atoms with E-state index in [0.29, 0.717) is 5.56 Å². The first kappa shape index (κ1) is 18.9. The van der Waals surface area contributed by atoms with E-state index in [9.17, 15) is 18.4 Å². The SMILES string of the molecule is CC[C@H](C)NC(=O)[C@H](C)NC(=O)N[C@H](C)c1ccc(F)c(F)c1. The highest BCUT2D eigenvalue weighted by Gasteiger charge is 2.18. The molecular formula is C16H23F2N3O2. The van der Waals surface area contributed by atoms with Crippen molar-refractivity contribution in [2.75, 3.05) is 0 Å². The number of nitrogens with one attached hydrogen (secondary N) is 3. The van der Waals surface area contributed by atoms with Crippen LogP contribution in [0.2, 0.25) is 0 Å². The quantitative estimate of drug-likeness (QED) is 0.752. The van der Waals surface area contributed by atoms with Crippen LogP contribution in [0.1, 0.15) is 45.7 Å². The lowest BCUT2D eigenvalue weighted by Crippen LogP contribution is -2.50. The van der Waals surface area contributed by atoms with Gasteiger partial charge in [0.2, 0.25) is 5.91 Å². The van der Waals surface area contributed by atoms with Gasteiger partial charge in [-0.05, 0) is 44.9 Å². The fourth-order valence-electron chi connectivity index (χ4n) is 1.84. The fraction of sp³-hybridized carbons (Fsp3) is 0.500. The molecule has 5 nitrogen and oxygen atoms in total. The van der Waals surface area contributed by atoms with E-state index in [1.807, 2.05) is 13.8 Å². The number of rotatable bonds is 6. The molecule has 3 amide bonds. The third-order valence-corrected chi connectivity index (χ3v) is 3.53. The van der Waals surface area contributed by atoms with Crippen LogP contribution in [-0.2, 0) is 4.79 Å². The molecule has 0 fully saturated rings. The van der Waals surface area contributed by atoms with Crippen LogP contribution in [0.4, 0.5) is 13.6 Å². The maximum Gasteiger partial charge on any atom is 0.315 e. The first-order valence-corrected chi connectivity index (χ1v) is 7.57. The third-order valence-electron chi connectivity index (χ3n) is 3.53. The molecule has 0 radical (unpaired) electrons. The second-order valence-corrected chi connectivity index (χ2v) is 5.55. The number of benzene rings is 1. The molecule has 0 saturated carbocycles. The summed E-state index contributed by atoms with van der Waals surface area (Å²) < 4.78 is 26.1. The minimum Gasteiger partial charge on any atom is -0.352 e. The zero-order valence-corrected chi connectivity index (χ0v) is 13.7. The molecule has 1 aromatic carbocycles. The summed E-state index contributed by atoms with van der Waals surface area (Å²) in [4.78, 5) is 23.7. The smallest absolute Gasteiger partial charge is 0.315 e. The first-order chi connectivity index (χ1) is 10.7. The average molecular weight is 327 g/mol. The van der Waals surface area contributed by atoms with Crippen molar-refractivity contribution < 1.29 is 18.4 Å². The van der Waals surface area contributed by atoms with E-state index in [2.05, 4.69) is 16.0 Å². The molecule has 0 saturated heterocycles. The topological polar surface area (TPSA) is 70.2 Å². The van der Waals surface area contributed by atoms with Crippen LogP contribution in [0.5, 0.6) is 0 Å². The van der Waals surface area contributed by atoms with Gasteiger partial charge in [0, 0.05) is 6.04 Å². The third kappa shape index (κ3) is 5.84. The number of hydrogen-bond acceptors (Lipinski definition) is 2. The lowest BCUT2D eigenvalue weighted by molar-refractivity contribution is -0.123. The normalized spacial score (nSPS) is 14.5.